The number of imidazole rings is 1. The highest BCUT2D eigenvalue weighted by Crippen LogP contribution is 2.29. The second kappa shape index (κ2) is 9.45. The topological polar surface area (TPSA) is 85.9 Å². The molecule has 0 amide bonds. The molecule has 166 valence electrons. The van der Waals surface area contributed by atoms with Crippen molar-refractivity contribution in [3.05, 3.63) is 75.3 Å². The largest absolute Gasteiger partial charge is 0.465 e. The van der Waals surface area contributed by atoms with Crippen LogP contribution in [0.3, 0.4) is 0 Å². The van der Waals surface area contributed by atoms with E-state index in [2.05, 4.69) is 37.7 Å². The Morgan fingerprint density at radius 1 is 1.21 bits per heavy atom. The molecule has 7 nitrogen and oxygen atoms in total. The van der Waals surface area contributed by atoms with Gasteiger partial charge in [0.15, 0.2) is 5.82 Å². The van der Waals surface area contributed by atoms with E-state index >= 15 is 0 Å². The Hall–Kier alpha value is -4.31. The van der Waals surface area contributed by atoms with Crippen LogP contribution in [0.5, 0.6) is 6.01 Å². The molecule has 0 aliphatic heterocycles. The van der Waals surface area contributed by atoms with Crippen molar-refractivity contribution in [3.63, 3.8) is 0 Å². The predicted molar refractivity (Wildman–Crippen MR) is 128 cm³/mol. The Balaban J connectivity index is 1.74. The van der Waals surface area contributed by atoms with E-state index in [4.69, 9.17) is 11.2 Å². The van der Waals surface area contributed by atoms with E-state index in [0.29, 0.717) is 25.0 Å². The summed E-state index contributed by atoms with van der Waals surface area (Å²) in [5.41, 5.74) is 4.58. The van der Waals surface area contributed by atoms with Crippen LogP contribution in [0.4, 0.5) is 0 Å². The minimum atomic E-state index is -0.584. The highest BCUT2D eigenvalue weighted by atomic mass is 16.5. The number of nitrogens with zero attached hydrogens (tertiary/aromatic N) is 3. The molecule has 0 saturated carbocycles. The van der Waals surface area contributed by atoms with E-state index in [1.54, 1.807) is 0 Å². The molecule has 33 heavy (non-hydrogen) atoms. The summed E-state index contributed by atoms with van der Waals surface area (Å²) in [4.78, 5) is 18.6. The van der Waals surface area contributed by atoms with E-state index in [-0.39, 0.29) is 0 Å². The van der Waals surface area contributed by atoms with Crippen molar-refractivity contribution in [3.8, 4) is 40.9 Å². The molecule has 4 rings (SSSR count). The van der Waals surface area contributed by atoms with E-state index in [1.807, 2.05) is 67.8 Å². The number of hydrogen-bond donors (Lipinski definition) is 1. The second-order valence-corrected chi connectivity index (χ2v) is 7.39. The Labute approximate surface area is 191 Å². The highest BCUT2D eigenvalue weighted by molar-refractivity contribution is 5.80. The van der Waals surface area contributed by atoms with Gasteiger partial charge in [-0.2, -0.15) is 4.98 Å². The van der Waals surface area contributed by atoms with Crippen molar-refractivity contribution in [1.82, 2.24) is 19.7 Å². The Kier molecular flexibility index (Phi) is 6.27. The predicted octanol–water partition coefficient (Wildman–Crippen LogP) is 2.94. The standard InChI is InChI=1S/C26H24N4O3/c1-5-17(4)23-22(6-2)27-25(32-7-3)30(23)16-18-12-14-19(15-13-18)20-10-8-9-11-21(20)24-28-26(31)33-29-24/h1,6,8-15H,7,16H2,2-4H3,(H,28,29,31)/b22-6+,23-17+. The van der Waals surface area contributed by atoms with Crippen molar-refractivity contribution >= 4 is 11.6 Å². The minimum absolute atomic E-state index is 0.396. The summed E-state index contributed by atoms with van der Waals surface area (Å²) < 4.78 is 12.5. The van der Waals surface area contributed by atoms with Crippen LogP contribution >= 0.6 is 0 Å². The van der Waals surface area contributed by atoms with Crippen molar-refractivity contribution in [2.24, 2.45) is 0 Å². The molecule has 0 spiro atoms. The van der Waals surface area contributed by atoms with Gasteiger partial charge in [0.05, 0.1) is 23.8 Å². The number of aromatic nitrogens is 4. The maximum atomic E-state index is 11.4. The number of hydrogen-bond acceptors (Lipinski definition) is 5. The molecule has 0 aliphatic rings. The van der Waals surface area contributed by atoms with Gasteiger partial charge in [0.1, 0.15) is 0 Å². The van der Waals surface area contributed by atoms with E-state index in [9.17, 15) is 4.79 Å². The smallest absolute Gasteiger partial charge is 0.439 e. The molecule has 4 aromatic rings. The summed E-state index contributed by atoms with van der Waals surface area (Å²) in [5, 5.41) is 5.52. The van der Waals surface area contributed by atoms with E-state index < -0.39 is 5.76 Å². The van der Waals surface area contributed by atoms with Crippen molar-refractivity contribution < 1.29 is 9.26 Å². The fourth-order valence-electron chi connectivity index (χ4n) is 3.76. The lowest BCUT2D eigenvalue weighted by molar-refractivity contribution is 0.298. The average molecular weight is 441 g/mol. The van der Waals surface area contributed by atoms with Crippen LogP contribution in [0.15, 0.2) is 57.8 Å². The molecular weight excluding hydrogens is 416 g/mol. The van der Waals surface area contributed by atoms with E-state index in [0.717, 1.165) is 38.5 Å². The third-order valence-corrected chi connectivity index (χ3v) is 5.31. The normalized spacial score (nSPS) is 12.5. The van der Waals surface area contributed by atoms with E-state index in [1.165, 1.54) is 0 Å². The van der Waals surface area contributed by atoms with Gasteiger partial charge in [0.2, 0.25) is 0 Å². The Bertz CT molecular complexity index is 1500. The van der Waals surface area contributed by atoms with Gasteiger partial charge in [-0.25, -0.2) is 4.79 Å². The first kappa shape index (κ1) is 21.9. The molecule has 0 saturated heterocycles. The number of H-pyrrole nitrogens is 1. The van der Waals surface area contributed by atoms with Gasteiger partial charge in [0, 0.05) is 11.1 Å². The molecule has 0 bridgehead atoms. The van der Waals surface area contributed by atoms with Gasteiger partial charge in [-0.1, -0.05) is 65.7 Å². The SMILES string of the molecule is C#C/C(C)=c1\c(=C/C)nc(OCC)n1Cc1ccc(-c2ccccc2-c2noc(=O)[nH]2)cc1. The number of aromatic amines is 1. The first-order valence-corrected chi connectivity index (χ1v) is 10.6. The van der Waals surface area contributed by atoms with Gasteiger partial charge in [-0.3, -0.25) is 14.1 Å². The maximum absolute atomic E-state index is 11.4. The summed E-state index contributed by atoms with van der Waals surface area (Å²) in [5.74, 6) is 2.55. The van der Waals surface area contributed by atoms with Gasteiger partial charge < -0.3 is 4.74 Å². The van der Waals surface area contributed by atoms with Crippen LogP contribution in [0, 0.1) is 12.3 Å². The number of terminal acetylenes is 1. The van der Waals surface area contributed by atoms with Crippen LogP contribution in [0.25, 0.3) is 34.2 Å². The number of rotatable bonds is 6. The molecule has 7 heteroatoms. The van der Waals surface area contributed by atoms with Gasteiger partial charge >= 0.3 is 5.76 Å². The lowest BCUT2D eigenvalue weighted by Gasteiger charge is -2.11. The monoisotopic (exact) mass is 440 g/mol. The first-order valence-electron chi connectivity index (χ1n) is 10.6. The molecule has 0 radical (unpaired) electrons. The zero-order valence-corrected chi connectivity index (χ0v) is 18.8. The minimum Gasteiger partial charge on any atom is -0.465 e. The lowest BCUT2D eigenvalue weighted by atomic mass is 9.98. The quantitative estimate of drug-likeness (QED) is 0.466. The average Bonchev–Trinajstić information content (AvgIpc) is 3.43. The fraction of sp³-hybridized carbons (Fsp3) is 0.192. The summed E-state index contributed by atoms with van der Waals surface area (Å²) >= 11 is 0. The Morgan fingerprint density at radius 2 is 1.94 bits per heavy atom. The molecule has 0 fully saturated rings. The summed E-state index contributed by atoms with van der Waals surface area (Å²) in [6.45, 7) is 6.84. The lowest BCUT2D eigenvalue weighted by Crippen LogP contribution is -2.32. The molecule has 0 aliphatic carbocycles. The zero-order valence-electron chi connectivity index (χ0n) is 18.8. The molecule has 0 unspecified atom stereocenters. The third-order valence-electron chi connectivity index (χ3n) is 5.31. The van der Waals surface area contributed by atoms with Crippen LogP contribution < -0.4 is 21.2 Å². The zero-order chi connectivity index (χ0) is 23.4. The molecule has 0 atom stereocenters. The molecule has 2 aromatic carbocycles. The second-order valence-electron chi connectivity index (χ2n) is 7.39. The van der Waals surface area contributed by atoms with Crippen molar-refractivity contribution in [2.45, 2.75) is 27.3 Å². The number of ether oxygens (including phenoxy) is 1. The molecule has 2 aromatic heterocycles. The Morgan fingerprint density at radius 3 is 2.55 bits per heavy atom. The van der Waals surface area contributed by atoms with Crippen LogP contribution in [0.1, 0.15) is 26.3 Å². The van der Waals surface area contributed by atoms with Gasteiger partial charge in [0.25, 0.3) is 6.01 Å². The van der Waals surface area contributed by atoms with Crippen molar-refractivity contribution in [1.29, 1.82) is 0 Å². The molecular formula is C26H24N4O3. The first-order chi connectivity index (χ1) is 16.0. The number of nitrogens with one attached hydrogen (secondary N) is 1. The fourth-order valence-corrected chi connectivity index (χ4v) is 3.76. The molecule has 2 heterocycles. The third kappa shape index (κ3) is 4.37. The van der Waals surface area contributed by atoms with Crippen molar-refractivity contribution in [2.75, 3.05) is 6.61 Å². The van der Waals surface area contributed by atoms with Gasteiger partial charge in [-0.15, -0.1) is 6.42 Å². The summed E-state index contributed by atoms with van der Waals surface area (Å²) in [6.07, 6.45) is 7.64. The van der Waals surface area contributed by atoms with Crippen LogP contribution in [-0.2, 0) is 6.54 Å². The number of benzene rings is 2. The molecule has 1 N–H and O–H groups in total. The summed E-state index contributed by atoms with van der Waals surface area (Å²) in [6, 6.07) is 16.4. The van der Waals surface area contributed by atoms with Crippen LogP contribution in [0.2, 0.25) is 0 Å². The van der Waals surface area contributed by atoms with Crippen LogP contribution in [-0.4, -0.2) is 26.3 Å². The maximum Gasteiger partial charge on any atom is 0.439 e. The van der Waals surface area contributed by atoms with Gasteiger partial charge in [-0.05, 0) is 37.5 Å². The summed E-state index contributed by atoms with van der Waals surface area (Å²) in [7, 11) is 0. The highest BCUT2D eigenvalue weighted by Gasteiger charge is 2.13.